The second-order valence-electron chi connectivity index (χ2n) is 5.91. The van der Waals surface area contributed by atoms with Gasteiger partial charge in [0.1, 0.15) is 0 Å². The zero-order chi connectivity index (χ0) is 14.4. The maximum atomic E-state index is 12.3. The Bertz CT molecular complexity index is 418. The number of carbonyl (C=O) groups is 1. The van der Waals surface area contributed by atoms with Gasteiger partial charge in [-0.15, -0.1) is 0 Å². The molecule has 2 unspecified atom stereocenters. The van der Waals surface area contributed by atoms with Gasteiger partial charge in [-0.2, -0.15) is 0 Å². The first-order valence-corrected chi connectivity index (χ1v) is 7.74. The molecule has 2 rings (SSSR count). The summed E-state index contributed by atoms with van der Waals surface area (Å²) in [6, 6.07) is 10.8. The first kappa shape index (κ1) is 15.0. The highest BCUT2D eigenvalue weighted by Gasteiger charge is 2.27. The van der Waals surface area contributed by atoms with Gasteiger partial charge < -0.3 is 10.6 Å². The lowest BCUT2D eigenvalue weighted by Gasteiger charge is -2.37. The lowest BCUT2D eigenvalue weighted by molar-refractivity contribution is -0.135. The first-order valence-electron chi connectivity index (χ1n) is 7.74. The summed E-state index contributed by atoms with van der Waals surface area (Å²) >= 11 is 0. The fraction of sp³-hybridized carbons (Fsp3) is 0.588. The van der Waals surface area contributed by atoms with E-state index in [0.29, 0.717) is 30.8 Å². The third-order valence-electron chi connectivity index (χ3n) is 4.33. The first-order chi connectivity index (χ1) is 9.70. The van der Waals surface area contributed by atoms with Crippen molar-refractivity contribution in [2.24, 2.45) is 11.7 Å². The van der Waals surface area contributed by atoms with Gasteiger partial charge in [0.05, 0.1) is 0 Å². The minimum Gasteiger partial charge on any atom is -0.340 e. The van der Waals surface area contributed by atoms with E-state index in [1.807, 2.05) is 11.0 Å². The number of benzene rings is 1. The Morgan fingerprint density at radius 3 is 2.75 bits per heavy atom. The van der Waals surface area contributed by atoms with Crippen LogP contribution in [0.3, 0.4) is 0 Å². The molecule has 0 radical (unpaired) electrons. The normalized spacial score (nSPS) is 22.8. The van der Waals surface area contributed by atoms with E-state index in [1.54, 1.807) is 0 Å². The summed E-state index contributed by atoms with van der Waals surface area (Å²) in [7, 11) is 0. The molecule has 1 heterocycles. The summed E-state index contributed by atoms with van der Waals surface area (Å²) in [6.07, 6.45) is 4.81. The van der Waals surface area contributed by atoms with E-state index in [0.717, 1.165) is 32.2 Å². The summed E-state index contributed by atoms with van der Waals surface area (Å²) in [4.78, 5) is 14.4. The molecular weight excluding hydrogens is 248 g/mol. The van der Waals surface area contributed by atoms with Gasteiger partial charge in [0.2, 0.25) is 5.91 Å². The number of hydrogen-bond acceptors (Lipinski definition) is 2. The van der Waals surface area contributed by atoms with E-state index in [9.17, 15) is 4.79 Å². The molecule has 0 spiro atoms. The average molecular weight is 274 g/mol. The van der Waals surface area contributed by atoms with Gasteiger partial charge in [-0.25, -0.2) is 0 Å². The molecule has 3 nitrogen and oxygen atoms in total. The monoisotopic (exact) mass is 274 g/mol. The fourth-order valence-corrected chi connectivity index (χ4v) is 2.95. The van der Waals surface area contributed by atoms with E-state index >= 15 is 0 Å². The van der Waals surface area contributed by atoms with Crippen LogP contribution in [0.2, 0.25) is 0 Å². The number of rotatable bonds is 5. The maximum Gasteiger partial charge on any atom is 0.222 e. The lowest BCUT2D eigenvalue weighted by Crippen LogP contribution is -2.47. The molecule has 0 aromatic heterocycles. The van der Waals surface area contributed by atoms with E-state index in [2.05, 4.69) is 31.2 Å². The standard InChI is InChI=1S/C17H26N2O/c1-14-10-11-16(12-18)13-19(14)17(20)9-5-8-15-6-3-2-4-7-15/h2-4,6-7,14,16H,5,8-13,18H2,1H3. The fourth-order valence-electron chi connectivity index (χ4n) is 2.95. The van der Waals surface area contributed by atoms with Gasteiger partial charge in [-0.05, 0) is 50.6 Å². The average Bonchev–Trinajstić information content (AvgIpc) is 2.48. The molecule has 0 bridgehead atoms. The maximum absolute atomic E-state index is 12.3. The molecule has 1 amide bonds. The van der Waals surface area contributed by atoms with Crippen molar-refractivity contribution in [1.29, 1.82) is 0 Å². The van der Waals surface area contributed by atoms with Crippen LogP contribution in [0.25, 0.3) is 0 Å². The molecule has 2 atom stereocenters. The number of nitrogens with zero attached hydrogens (tertiary/aromatic N) is 1. The molecule has 1 aliphatic heterocycles. The van der Waals surface area contributed by atoms with E-state index in [4.69, 9.17) is 5.73 Å². The van der Waals surface area contributed by atoms with Crippen molar-refractivity contribution in [2.45, 2.75) is 45.1 Å². The van der Waals surface area contributed by atoms with Crippen LogP contribution in [0.15, 0.2) is 30.3 Å². The number of hydrogen-bond donors (Lipinski definition) is 1. The third-order valence-corrected chi connectivity index (χ3v) is 4.33. The minimum absolute atomic E-state index is 0.298. The van der Waals surface area contributed by atoms with Crippen LogP contribution in [0.5, 0.6) is 0 Å². The SMILES string of the molecule is CC1CCC(CN)CN1C(=O)CCCc1ccccc1. The van der Waals surface area contributed by atoms with E-state index < -0.39 is 0 Å². The molecule has 2 N–H and O–H groups in total. The van der Waals surface area contributed by atoms with Crippen molar-refractivity contribution in [3.8, 4) is 0 Å². The van der Waals surface area contributed by atoms with E-state index in [1.165, 1.54) is 5.56 Å². The number of amides is 1. The molecule has 0 saturated carbocycles. The topological polar surface area (TPSA) is 46.3 Å². The van der Waals surface area contributed by atoms with Crippen LogP contribution in [0.4, 0.5) is 0 Å². The molecule has 1 aliphatic rings. The van der Waals surface area contributed by atoms with Gasteiger partial charge >= 0.3 is 0 Å². The second-order valence-corrected chi connectivity index (χ2v) is 5.91. The molecule has 3 heteroatoms. The van der Waals surface area contributed by atoms with Crippen molar-refractivity contribution in [2.75, 3.05) is 13.1 Å². The van der Waals surface area contributed by atoms with Crippen molar-refractivity contribution in [3.63, 3.8) is 0 Å². The van der Waals surface area contributed by atoms with Gasteiger partial charge in [0.25, 0.3) is 0 Å². The number of nitrogens with two attached hydrogens (primary N) is 1. The predicted molar refractivity (Wildman–Crippen MR) is 82.3 cm³/mol. The van der Waals surface area contributed by atoms with Crippen molar-refractivity contribution in [3.05, 3.63) is 35.9 Å². The highest BCUT2D eigenvalue weighted by Crippen LogP contribution is 2.22. The lowest BCUT2D eigenvalue weighted by atomic mass is 9.93. The highest BCUT2D eigenvalue weighted by molar-refractivity contribution is 5.76. The smallest absolute Gasteiger partial charge is 0.222 e. The molecule has 110 valence electrons. The summed E-state index contributed by atoms with van der Waals surface area (Å²) in [5.74, 6) is 0.788. The van der Waals surface area contributed by atoms with E-state index in [-0.39, 0.29) is 0 Å². The third kappa shape index (κ3) is 4.07. The van der Waals surface area contributed by atoms with Crippen LogP contribution >= 0.6 is 0 Å². The second kappa shape index (κ2) is 7.44. The van der Waals surface area contributed by atoms with Crippen molar-refractivity contribution >= 4 is 5.91 Å². The van der Waals surface area contributed by atoms with Gasteiger partial charge in [0.15, 0.2) is 0 Å². The Morgan fingerprint density at radius 2 is 2.05 bits per heavy atom. The summed E-state index contributed by atoms with van der Waals surface area (Å²) in [6.45, 7) is 3.70. The zero-order valence-corrected chi connectivity index (χ0v) is 12.4. The predicted octanol–water partition coefficient (Wildman–Crippen LogP) is 2.60. The molecular formula is C17H26N2O. The Kier molecular flexibility index (Phi) is 5.60. The Balaban J connectivity index is 1.79. The summed E-state index contributed by atoms with van der Waals surface area (Å²) in [5.41, 5.74) is 7.06. The minimum atomic E-state index is 0.298. The van der Waals surface area contributed by atoms with Crippen LogP contribution < -0.4 is 5.73 Å². The summed E-state index contributed by atoms with van der Waals surface area (Å²) < 4.78 is 0. The number of piperidine rings is 1. The van der Waals surface area contributed by atoms with Crippen LogP contribution in [-0.4, -0.2) is 29.9 Å². The molecule has 1 aromatic rings. The quantitative estimate of drug-likeness (QED) is 0.897. The molecule has 0 aliphatic carbocycles. The molecule has 1 saturated heterocycles. The van der Waals surface area contributed by atoms with Gasteiger partial charge in [0, 0.05) is 19.0 Å². The molecule has 20 heavy (non-hydrogen) atoms. The molecule has 1 fully saturated rings. The van der Waals surface area contributed by atoms with Gasteiger partial charge in [-0.3, -0.25) is 4.79 Å². The Labute approximate surface area is 122 Å². The Hall–Kier alpha value is -1.35. The largest absolute Gasteiger partial charge is 0.340 e. The van der Waals surface area contributed by atoms with Crippen LogP contribution in [0.1, 0.15) is 38.2 Å². The highest BCUT2D eigenvalue weighted by atomic mass is 16.2. The van der Waals surface area contributed by atoms with Crippen molar-refractivity contribution < 1.29 is 4.79 Å². The summed E-state index contributed by atoms with van der Waals surface area (Å²) in [5, 5.41) is 0. The van der Waals surface area contributed by atoms with Crippen LogP contribution in [-0.2, 0) is 11.2 Å². The molecule has 1 aromatic carbocycles. The van der Waals surface area contributed by atoms with Crippen LogP contribution in [0, 0.1) is 5.92 Å². The van der Waals surface area contributed by atoms with Crippen molar-refractivity contribution in [1.82, 2.24) is 4.90 Å². The number of carbonyl (C=O) groups excluding carboxylic acids is 1. The number of likely N-dealkylation sites (tertiary alicyclic amines) is 1. The van der Waals surface area contributed by atoms with Gasteiger partial charge in [-0.1, -0.05) is 30.3 Å². The Morgan fingerprint density at radius 1 is 1.30 bits per heavy atom. The number of aryl methyl sites for hydroxylation is 1. The zero-order valence-electron chi connectivity index (χ0n) is 12.4.